The third kappa shape index (κ3) is 5.18. The van der Waals surface area contributed by atoms with Gasteiger partial charge < -0.3 is 14.6 Å². The van der Waals surface area contributed by atoms with E-state index in [1.807, 2.05) is 6.92 Å². The van der Waals surface area contributed by atoms with Gasteiger partial charge in [0, 0.05) is 18.8 Å². The van der Waals surface area contributed by atoms with Gasteiger partial charge in [-0.3, -0.25) is 9.59 Å². The second-order valence-electron chi connectivity index (χ2n) is 5.46. The molecular formula is C17H20N2O5S. The summed E-state index contributed by atoms with van der Waals surface area (Å²) < 4.78 is 31.1. The van der Waals surface area contributed by atoms with Crippen LogP contribution >= 0.6 is 0 Å². The molecule has 1 heterocycles. The van der Waals surface area contributed by atoms with E-state index in [1.54, 1.807) is 30.3 Å². The van der Waals surface area contributed by atoms with Gasteiger partial charge in [-0.1, -0.05) is 18.2 Å². The molecule has 25 heavy (non-hydrogen) atoms. The SMILES string of the molecule is CCOc1ccccc1NC(=O)CS(=O)(=O)Cc1cccn(C)c1=O. The van der Waals surface area contributed by atoms with Crippen LogP contribution in [0, 0.1) is 0 Å². The van der Waals surface area contributed by atoms with Crippen LogP contribution in [0.3, 0.4) is 0 Å². The van der Waals surface area contributed by atoms with E-state index in [2.05, 4.69) is 5.32 Å². The Morgan fingerprint density at radius 3 is 2.64 bits per heavy atom. The fraction of sp³-hybridized carbons (Fsp3) is 0.294. The Kier molecular flexibility index (Phi) is 5.97. The normalized spacial score (nSPS) is 11.1. The third-order valence-corrected chi connectivity index (χ3v) is 4.84. The highest BCUT2D eigenvalue weighted by Gasteiger charge is 2.20. The molecule has 134 valence electrons. The lowest BCUT2D eigenvalue weighted by molar-refractivity contribution is -0.113. The van der Waals surface area contributed by atoms with Crippen molar-refractivity contribution in [3.05, 3.63) is 58.5 Å². The zero-order valence-electron chi connectivity index (χ0n) is 14.1. The molecule has 0 bridgehead atoms. The first-order valence-corrected chi connectivity index (χ1v) is 9.51. The number of carbonyl (C=O) groups is 1. The molecule has 0 fully saturated rings. The highest BCUT2D eigenvalue weighted by molar-refractivity contribution is 7.91. The number of rotatable bonds is 7. The van der Waals surface area contributed by atoms with Gasteiger partial charge >= 0.3 is 0 Å². The second kappa shape index (κ2) is 7.98. The van der Waals surface area contributed by atoms with Gasteiger partial charge in [-0.15, -0.1) is 0 Å². The Morgan fingerprint density at radius 2 is 1.92 bits per heavy atom. The Balaban J connectivity index is 2.09. The maximum Gasteiger partial charge on any atom is 0.254 e. The molecule has 0 atom stereocenters. The molecule has 8 heteroatoms. The molecule has 0 saturated carbocycles. The number of sulfone groups is 1. The smallest absolute Gasteiger partial charge is 0.254 e. The lowest BCUT2D eigenvalue weighted by atomic mass is 10.3. The molecule has 7 nitrogen and oxygen atoms in total. The Hall–Kier alpha value is -2.61. The Bertz CT molecular complexity index is 919. The lowest BCUT2D eigenvalue weighted by Gasteiger charge is -2.11. The van der Waals surface area contributed by atoms with Crippen LogP contribution in [0.2, 0.25) is 0 Å². The maximum atomic E-state index is 12.2. The van der Waals surface area contributed by atoms with Gasteiger partial charge in [-0.2, -0.15) is 0 Å². The largest absolute Gasteiger partial charge is 0.492 e. The highest BCUT2D eigenvalue weighted by Crippen LogP contribution is 2.23. The third-order valence-electron chi connectivity index (χ3n) is 3.39. The number of para-hydroxylation sites is 2. The van der Waals surface area contributed by atoms with E-state index in [0.717, 1.165) is 0 Å². The van der Waals surface area contributed by atoms with Crippen LogP contribution in [-0.2, 0) is 27.4 Å². The van der Waals surface area contributed by atoms with Crippen LogP contribution in [0.4, 0.5) is 5.69 Å². The summed E-state index contributed by atoms with van der Waals surface area (Å²) >= 11 is 0. The van der Waals surface area contributed by atoms with E-state index in [1.165, 1.54) is 23.9 Å². The lowest BCUT2D eigenvalue weighted by Crippen LogP contribution is -2.27. The molecule has 0 spiro atoms. The van der Waals surface area contributed by atoms with Crippen molar-refractivity contribution in [3.8, 4) is 5.75 Å². The number of anilines is 1. The van der Waals surface area contributed by atoms with Crippen LogP contribution in [0.25, 0.3) is 0 Å². The number of aromatic nitrogens is 1. The van der Waals surface area contributed by atoms with Crippen LogP contribution in [0.15, 0.2) is 47.4 Å². The number of pyridine rings is 1. The molecule has 2 aromatic rings. The molecule has 0 aliphatic rings. The summed E-state index contributed by atoms with van der Waals surface area (Å²) in [4.78, 5) is 24.0. The van der Waals surface area contributed by atoms with E-state index in [4.69, 9.17) is 4.74 Å². The van der Waals surface area contributed by atoms with Crippen molar-refractivity contribution < 1.29 is 17.9 Å². The number of hydrogen-bond donors (Lipinski definition) is 1. The van der Waals surface area contributed by atoms with Crippen molar-refractivity contribution in [1.82, 2.24) is 4.57 Å². The van der Waals surface area contributed by atoms with Gasteiger partial charge in [-0.25, -0.2) is 8.42 Å². The van der Waals surface area contributed by atoms with Gasteiger partial charge in [0.1, 0.15) is 11.5 Å². The average molecular weight is 364 g/mol. The predicted molar refractivity (Wildman–Crippen MR) is 95.4 cm³/mol. The molecule has 1 aromatic carbocycles. The van der Waals surface area contributed by atoms with Crippen molar-refractivity contribution in [3.63, 3.8) is 0 Å². The molecule has 0 aliphatic carbocycles. The Morgan fingerprint density at radius 1 is 1.20 bits per heavy atom. The number of nitrogens with zero attached hydrogens (tertiary/aromatic N) is 1. The van der Waals surface area contributed by atoms with Crippen molar-refractivity contribution in [2.75, 3.05) is 17.7 Å². The van der Waals surface area contributed by atoms with E-state index >= 15 is 0 Å². The molecule has 1 aromatic heterocycles. The summed E-state index contributed by atoms with van der Waals surface area (Å²) in [5, 5.41) is 2.54. The molecule has 1 amide bonds. The van der Waals surface area contributed by atoms with E-state index in [0.29, 0.717) is 18.0 Å². The quantitative estimate of drug-likeness (QED) is 0.800. The van der Waals surface area contributed by atoms with Gasteiger partial charge in [0.05, 0.1) is 18.0 Å². The minimum atomic E-state index is -3.78. The minimum absolute atomic E-state index is 0.132. The second-order valence-corrected chi connectivity index (χ2v) is 7.52. The molecule has 0 saturated heterocycles. The van der Waals surface area contributed by atoms with Crippen LogP contribution in [0.5, 0.6) is 5.75 Å². The average Bonchev–Trinajstić information content (AvgIpc) is 2.53. The number of carbonyl (C=O) groups excluding carboxylic acids is 1. The summed E-state index contributed by atoms with van der Waals surface area (Å²) in [7, 11) is -2.25. The first-order chi connectivity index (χ1) is 11.8. The number of benzene rings is 1. The molecule has 2 rings (SSSR count). The zero-order valence-corrected chi connectivity index (χ0v) is 14.9. The standard InChI is InChI=1S/C17H20N2O5S/c1-3-24-15-9-5-4-8-14(15)18-16(20)12-25(22,23)11-13-7-6-10-19(2)17(13)21/h4-10H,3,11-12H2,1-2H3,(H,18,20). The number of amides is 1. The minimum Gasteiger partial charge on any atom is -0.492 e. The monoisotopic (exact) mass is 364 g/mol. The zero-order chi connectivity index (χ0) is 18.4. The van der Waals surface area contributed by atoms with E-state index in [9.17, 15) is 18.0 Å². The van der Waals surface area contributed by atoms with Gasteiger partial charge in [0.15, 0.2) is 9.84 Å². The van der Waals surface area contributed by atoms with E-state index in [-0.39, 0.29) is 5.56 Å². The van der Waals surface area contributed by atoms with Gasteiger partial charge in [0.2, 0.25) is 5.91 Å². The summed E-state index contributed by atoms with van der Waals surface area (Å²) in [5.74, 6) is -1.42. The van der Waals surface area contributed by atoms with Crippen molar-refractivity contribution in [2.24, 2.45) is 7.05 Å². The summed E-state index contributed by atoms with van der Waals surface area (Å²) in [5.41, 5.74) is 0.140. The topological polar surface area (TPSA) is 94.5 Å². The van der Waals surface area contributed by atoms with Crippen LogP contribution in [-0.4, -0.2) is 31.3 Å². The predicted octanol–water partition coefficient (Wildman–Crippen LogP) is 1.34. The Labute approximate surface area is 146 Å². The van der Waals surface area contributed by atoms with Gasteiger partial charge in [0.25, 0.3) is 5.56 Å². The number of aryl methyl sites for hydroxylation is 1. The summed E-state index contributed by atoms with van der Waals surface area (Å²) in [6.45, 7) is 2.23. The molecule has 0 radical (unpaired) electrons. The van der Waals surface area contributed by atoms with Crippen molar-refractivity contribution in [2.45, 2.75) is 12.7 Å². The van der Waals surface area contributed by atoms with Crippen LogP contribution < -0.4 is 15.6 Å². The number of hydrogen-bond acceptors (Lipinski definition) is 5. The number of nitrogens with one attached hydrogen (secondary N) is 1. The fourth-order valence-corrected chi connectivity index (χ4v) is 3.56. The van der Waals surface area contributed by atoms with Gasteiger partial charge in [-0.05, 0) is 25.1 Å². The van der Waals surface area contributed by atoms with Crippen molar-refractivity contribution >= 4 is 21.4 Å². The molecule has 0 aliphatic heterocycles. The van der Waals surface area contributed by atoms with Crippen LogP contribution in [0.1, 0.15) is 12.5 Å². The maximum absolute atomic E-state index is 12.2. The fourth-order valence-electron chi connectivity index (χ4n) is 2.29. The summed E-state index contributed by atoms with van der Waals surface area (Å²) in [6, 6.07) is 9.81. The molecule has 0 unspecified atom stereocenters. The first kappa shape index (κ1) is 18.7. The van der Waals surface area contributed by atoms with Crippen molar-refractivity contribution in [1.29, 1.82) is 0 Å². The number of ether oxygens (including phenoxy) is 1. The highest BCUT2D eigenvalue weighted by atomic mass is 32.2. The molecule has 1 N–H and O–H groups in total. The first-order valence-electron chi connectivity index (χ1n) is 7.69. The molecular weight excluding hydrogens is 344 g/mol. The summed E-state index contributed by atoms with van der Waals surface area (Å²) in [6.07, 6.45) is 1.54. The van der Waals surface area contributed by atoms with E-state index < -0.39 is 32.8 Å².